The summed E-state index contributed by atoms with van der Waals surface area (Å²) in [4.78, 5) is 17.1. The van der Waals surface area contributed by atoms with Gasteiger partial charge in [-0.2, -0.15) is 0 Å². The number of rotatable bonds is 5. The van der Waals surface area contributed by atoms with Crippen LogP contribution >= 0.6 is 0 Å². The second-order valence-corrected chi connectivity index (χ2v) is 6.13. The first-order chi connectivity index (χ1) is 12.6. The van der Waals surface area contributed by atoms with Crippen LogP contribution < -0.4 is 10.3 Å². The molecule has 0 aliphatic rings. The zero-order valence-corrected chi connectivity index (χ0v) is 14.5. The van der Waals surface area contributed by atoms with Crippen molar-refractivity contribution in [3.8, 4) is 17.0 Å². The average Bonchev–Trinajstić information content (AvgIpc) is 3.27. The monoisotopic (exact) mass is 350 g/mol. The fourth-order valence-electron chi connectivity index (χ4n) is 2.86. The minimum Gasteiger partial charge on any atom is -0.479 e. The second kappa shape index (κ2) is 6.51. The number of ether oxygens (including phenoxy) is 1. The molecule has 1 aromatic carbocycles. The molecule has 0 aliphatic carbocycles. The highest BCUT2D eigenvalue weighted by Gasteiger charge is 2.12. The Bertz CT molecular complexity index is 1110. The lowest BCUT2D eigenvalue weighted by molar-refractivity contribution is 0.326. The summed E-state index contributed by atoms with van der Waals surface area (Å²) in [6.45, 7) is 2.04. The van der Waals surface area contributed by atoms with Gasteiger partial charge in [0, 0.05) is 36.0 Å². The van der Waals surface area contributed by atoms with Crippen LogP contribution in [0.1, 0.15) is 17.0 Å². The third kappa shape index (κ3) is 2.99. The van der Waals surface area contributed by atoms with Gasteiger partial charge in [0.25, 0.3) is 11.4 Å². The van der Waals surface area contributed by atoms with Gasteiger partial charge < -0.3 is 9.26 Å². The average molecular weight is 350 g/mol. The summed E-state index contributed by atoms with van der Waals surface area (Å²) in [5.41, 5.74) is 4.27. The second-order valence-electron chi connectivity index (χ2n) is 6.13. The Kier molecular flexibility index (Phi) is 4.04. The smallest absolute Gasteiger partial charge is 0.272 e. The molecule has 4 rings (SSSR count). The highest BCUT2D eigenvalue weighted by atomic mass is 16.5. The van der Waals surface area contributed by atoms with Crippen LogP contribution in [0.3, 0.4) is 0 Å². The third-order valence-electron chi connectivity index (χ3n) is 4.29. The summed E-state index contributed by atoms with van der Waals surface area (Å²) in [6, 6.07) is 11.4. The molecule has 1 N–H and O–H groups in total. The molecule has 4 aromatic rings. The molecule has 0 fully saturated rings. The van der Waals surface area contributed by atoms with E-state index in [0.717, 1.165) is 11.1 Å². The number of aryl methyl sites for hydroxylation is 3. The molecule has 0 unspecified atom stereocenters. The topological polar surface area (TPSA) is 85.4 Å². The van der Waals surface area contributed by atoms with Crippen LogP contribution in [0.4, 0.5) is 0 Å². The van der Waals surface area contributed by atoms with E-state index < -0.39 is 0 Å². The van der Waals surface area contributed by atoms with E-state index in [4.69, 9.17) is 9.26 Å². The number of H-pyrrole nitrogens is 1. The quantitative estimate of drug-likeness (QED) is 0.598. The van der Waals surface area contributed by atoms with Crippen molar-refractivity contribution < 1.29 is 9.26 Å². The maximum atomic E-state index is 12.4. The molecular formula is C19H18N4O3. The standard InChI is InChI=1S/C19H18N4O3/c1-12-3-5-13(6-4-12)16-11-20-23-18(24)9-14(21-19(16)23)7-8-15-10-17(25-2)22-26-15/h3-6,9-11,20H,7-8H2,1-2H3. The molecular weight excluding hydrogens is 332 g/mol. The Hall–Kier alpha value is -3.35. The summed E-state index contributed by atoms with van der Waals surface area (Å²) < 4.78 is 11.7. The van der Waals surface area contributed by atoms with Crippen LogP contribution in [0.25, 0.3) is 16.8 Å². The predicted octanol–water partition coefficient (Wildman–Crippen LogP) is 2.78. The summed E-state index contributed by atoms with van der Waals surface area (Å²) in [6.07, 6.45) is 2.96. The number of hydrogen-bond acceptors (Lipinski definition) is 5. The predicted molar refractivity (Wildman–Crippen MR) is 96.4 cm³/mol. The molecule has 0 amide bonds. The molecule has 0 saturated carbocycles. The van der Waals surface area contributed by atoms with Gasteiger partial charge >= 0.3 is 0 Å². The molecule has 0 radical (unpaired) electrons. The fraction of sp³-hybridized carbons (Fsp3) is 0.211. The van der Waals surface area contributed by atoms with E-state index in [1.54, 1.807) is 12.3 Å². The van der Waals surface area contributed by atoms with Crippen molar-refractivity contribution in [2.24, 2.45) is 0 Å². The molecule has 26 heavy (non-hydrogen) atoms. The Balaban J connectivity index is 1.67. The van der Waals surface area contributed by atoms with E-state index in [-0.39, 0.29) is 5.56 Å². The van der Waals surface area contributed by atoms with E-state index in [0.29, 0.717) is 35.8 Å². The highest BCUT2D eigenvalue weighted by Crippen LogP contribution is 2.23. The van der Waals surface area contributed by atoms with Crippen molar-refractivity contribution in [2.45, 2.75) is 19.8 Å². The van der Waals surface area contributed by atoms with Crippen LogP contribution in [-0.2, 0) is 12.8 Å². The van der Waals surface area contributed by atoms with E-state index in [9.17, 15) is 4.79 Å². The van der Waals surface area contributed by atoms with Gasteiger partial charge in [-0.1, -0.05) is 29.8 Å². The molecule has 0 bridgehead atoms. The number of methoxy groups -OCH3 is 1. The van der Waals surface area contributed by atoms with Crippen molar-refractivity contribution in [3.05, 3.63) is 70.0 Å². The fourth-order valence-corrected chi connectivity index (χ4v) is 2.86. The molecule has 0 spiro atoms. The maximum absolute atomic E-state index is 12.4. The van der Waals surface area contributed by atoms with Crippen molar-refractivity contribution in [1.29, 1.82) is 0 Å². The van der Waals surface area contributed by atoms with E-state index in [2.05, 4.69) is 15.2 Å². The van der Waals surface area contributed by atoms with Crippen molar-refractivity contribution in [3.63, 3.8) is 0 Å². The number of hydrogen-bond donors (Lipinski definition) is 1. The zero-order valence-electron chi connectivity index (χ0n) is 14.5. The Labute approximate surface area is 149 Å². The van der Waals surface area contributed by atoms with E-state index in [1.807, 2.05) is 31.2 Å². The largest absolute Gasteiger partial charge is 0.479 e. The maximum Gasteiger partial charge on any atom is 0.272 e. The lowest BCUT2D eigenvalue weighted by Crippen LogP contribution is -2.15. The van der Waals surface area contributed by atoms with Crippen LogP contribution in [0, 0.1) is 6.92 Å². The van der Waals surface area contributed by atoms with Crippen molar-refractivity contribution in [1.82, 2.24) is 19.8 Å². The number of aromatic nitrogens is 4. The molecule has 3 heterocycles. The van der Waals surface area contributed by atoms with Gasteiger partial charge in [0.15, 0.2) is 5.65 Å². The van der Waals surface area contributed by atoms with E-state index in [1.165, 1.54) is 23.3 Å². The van der Waals surface area contributed by atoms with Gasteiger partial charge in [-0.15, -0.1) is 0 Å². The van der Waals surface area contributed by atoms with Gasteiger partial charge in [-0.05, 0) is 24.1 Å². The Morgan fingerprint density at radius 3 is 2.73 bits per heavy atom. The number of nitrogens with one attached hydrogen (secondary N) is 1. The minimum absolute atomic E-state index is 0.140. The normalized spacial score (nSPS) is 11.2. The van der Waals surface area contributed by atoms with Gasteiger partial charge in [0.1, 0.15) is 5.76 Å². The first-order valence-electron chi connectivity index (χ1n) is 8.31. The van der Waals surface area contributed by atoms with Crippen LogP contribution in [0.2, 0.25) is 0 Å². The summed E-state index contributed by atoms with van der Waals surface area (Å²) in [5, 5.41) is 6.76. The lowest BCUT2D eigenvalue weighted by atomic mass is 10.1. The summed E-state index contributed by atoms with van der Waals surface area (Å²) in [7, 11) is 1.54. The minimum atomic E-state index is -0.140. The Morgan fingerprint density at radius 1 is 1.19 bits per heavy atom. The number of benzene rings is 1. The van der Waals surface area contributed by atoms with Crippen LogP contribution in [0.15, 0.2) is 51.9 Å². The zero-order chi connectivity index (χ0) is 18.1. The number of nitrogens with zero attached hydrogens (tertiary/aromatic N) is 3. The molecule has 0 aliphatic heterocycles. The first kappa shape index (κ1) is 16.1. The SMILES string of the molecule is COc1cc(CCc2cc(=O)n3[nH]cc(-c4ccc(C)cc4)c3n2)on1. The van der Waals surface area contributed by atoms with Gasteiger partial charge in [-0.3, -0.25) is 9.89 Å². The van der Waals surface area contributed by atoms with Gasteiger partial charge in [0.2, 0.25) is 0 Å². The summed E-state index contributed by atoms with van der Waals surface area (Å²) in [5.74, 6) is 1.13. The van der Waals surface area contributed by atoms with Gasteiger partial charge in [0.05, 0.1) is 7.11 Å². The van der Waals surface area contributed by atoms with E-state index >= 15 is 0 Å². The van der Waals surface area contributed by atoms with Crippen molar-refractivity contribution >= 4 is 5.65 Å². The van der Waals surface area contributed by atoms with Crippen LogP contribution in [-0.4, -0.2) is 26.9 Å². The van der Waals surface area contributed by atoms with Gasteiger partial charge in [-0.25, -0.2) is 9.50 Å². The van der Waals surface area contributed by atoms with Crippen LogP contribution in [0.5, 0.6) is 5.88 Å². The lowest BCUT2D eigenvalue weighted by Gasteiger charge is -2.02. The molecule has 0 atom stereocenters. The van der Waals surface area contributed by atoms with Crippen molar-refractivity contribution in [2.75, 3.05) is 7.11 Å². The molecule has 0 saturated heterocycles. The number of aromatic amines is 1. The Morgan fingerprint density at radius 2 is 2.00 bits per heavy atom. The summed E-state index contributed by atoms with van der Waals surface area (Å²) >= 11 is 0. The molecule has 7 heteroatoms. The highest BCUT2D eigenvalue weighted by molar-refractivity contribution is 5.77. The number of fused-ring (bicyclic) bond motifs is 1. The molecule has 3 aromatic heterocycles. The molecule has 132 valence electrons. The third-order valence-corrected chi connectivity index (χ3v) is 4.29. The first-order valence-corrected chi connectivity index (χ1v) is 8.31. The molecule has 7 nitrogen and oxygen atoms in total.